The van der Waals surface area contributed by atoms with Crippen molar-refractivity contribution in [1.29, 1.82) is 5.26 Å². The van der Waals surface area contributed by atoms with Crippen molar-refractivity contribution in [2.75, 3.05) is 12.4 Å². The van der Waals surface area contributed by atoms with Crippen molar-refractivity contribution in [2.24, 2.45) is 0 Å². The third-order valence-electron chi connectivity index (χ3n) is 4.79. The van der Waals surface area contributed by atoms with E-state index >= 15 is 0 Å². The number of fused-ring (bicyclic) bond motifs is 1. The zero-order valence-electron chi connectivity index (χ0n) is 17.0. The van der Waals surface area contributed by atoms with Gasteiger partial charge in [0.05, 0.1) is 23.7 Å². The predicted octanol–water partition coefficient (Wildman–Crippen LogP) is 4.83. The first-order chi connectivity index (χ1) is 15.6. The van der Waals surface area contributed by atoms with Crippen LogP contribution in [-0.2, 0) is 9.53 Å². The Morgan fingerprint density at radius 1 is 1.06 bits per heavy atom. The Hall–Kier alpha value is -4.70. The van der Waals surface area contributed by atoms with Gasteiger partial charge in [-0.25, -0.2) is 4.79 Å². The molecule has 0 aliphatic heterocycles. The molecule has 0 unspecified atom stereocenters. The van der Waals surface area contributed by atoms with E-state index in [-0.39, 0.29) is 16.8 Å². The summed E-state index contributed by atoms with van der Waals surface area (Å²) >= 11 is 0. The first kappa shape index (κ1) is 20.6. The Morgan fingerprint density at radius 3 is 2.56 bits per heavy atom. The molecule has 3 aromatic carbocycles. The molecule has 0 spiro atoms. The molecule has 1 N–H and O–H groups in total. The van der Waals surface area contributed by atoms with Gasteiger partial charge in [0.1, 0.15) is 17.2 Å². The Labute approximate surface area is 183 Å². The summed E-state index contributed by atoms with van der Waals surface area (Å²) in [4.78, 5) is 24.7. The van der Waals surface area contributed by atoms with Crippen LogP contribution in [0.25, 0.3) is 28.3 Å². The fourth-order valence-electron chi connectivity index (χ4n) is 3.23. The van der Waals surface area contributed by atoms with Crippen LogP contribution >= 0.6 is 0 Å². The van der Waals surface area contributed by atoms with Gasteiger partial charge in [-0.3, -0.25) is 4.79 Å². The first-order valence-corrected chi connectivity index (χ1v) is 9.66. The fourth-order valence-corrected chi connectivity index (χ4v) is 3.23. The number of ether oxygens (including phenoxy) is 1. The van der Waals surface area contributed by atoms with Crippen molar-refractivity contribution in [2.45, 2.75) is 0 Å². The van der Waals surface area contributed by atoms with E-state index in [1.54, 1.807) is 36.4 Å². The molecule has 32 heavy (non-hydrogen) atoms. The number of nitrogens with zero attached hydrogens (tertiary/aromatic N) is 2. The standard InChI is InChI=1S/C25H17N3O4/c1-31-25(30)19-9-5-6-10-21(19)27-24(29)18(15-26)13-16-11-12-22-20(14-16)23(32-28-22)17-7-3-2-4-8-17/h2-14H,1H3,(H,27,29)/b18-13+. The molecule has 0 aliphatic rings. The van der Waals surface area contributed by atoms with Gasteiger partial charge < -0.3 is 14.6 Å². The Kier molecular flexibility index (Phi) is 5.77. The van der Waals surface area contributed by atoms with Crippen LogP contribution in [0, 0.1) is 11.3 Å². The molecule has 7 nitrogen and oxygen atoms in total. The summed E-state index contributed by atoms with van der Waals surface area (Å²) in [5.41, 5.74) is 2.49. The highest BCUT2D eigenvalue weighted by molar-refractivity contribution is 6.12. The third-order valence-corrected chi connectivity index (χ3v) is 4.79. The monoisotopic (exact) mass is 423 g/mol. The number of rotatable bonds is 5. The summed E-state index contributed by atoms with van der Waals surface area (Å²) in [5.74, 6) is -0.627. The van der Waals surface area contributed by atoms with E-state index in [4.69, 9.17) is 9.26 Å². The van der Waals surface area contributed by atoms with Crippen molar-refractivity contribution < 1.29 is 18.8 Å². The molecule has 0 saturated heterocycles. The summed E-state index contributed by atoms with van der Waals surface area (Å²) in [6.07, 6.45) is 1.47. The SMILES string of the molecule is COC(=O)c1ccccc1NC(=O)/C(C#N)=C/c1ccc2noc(-c3ccccc3)c2c1. The first-order valence-electron chi connectivity index (χ1n) is 9.66. The summed E-state index contributed by atoms with van der Waals surface area (Å²) in [5, 5.41) is 17.0. The van der Waals surface area contributed by atoms with Gasteiger partial charge in [-0.1, -0.05) is 53.7 Å². The summed E-state index contributed by atoms with van der Waals surface area (Å²) in [7, 11) is 1.26. The van der Waals surface area contributed by atoms with Gasteiger partial charge in [0.15, 0.2) is 5.76 Å². The summed E-state index contributed by atoms with van der Waals surface area (Å²) < 4.78 is 10.2. The van der Waals surface area contributed by atoms with Crippen LogP contribution < -0.4 is 5.32 Å². The van der Waals surface area contributed by atoms with Crippen molar-refractivity contribution in [3.63, 3.8) is 0 Å². The van der Waals surface area contributed by atoms with Gasteiger partial charge in [-0.05, 0) is 35.9 Å². The van der Waals surface area contributed by atoms with Crippen molar-refractivity contribution in [1.82, 2.24) is 5.16 Å². The Morgan fingerprint density at radius 2 is 1.81 bits per heavy atom. The predicted molar refractivity (Wildman–Crippen MR) is 119 cm³/mol. The number of hydrogen-bond donors (Lipinski definition) is 1. The molecule has 1 amide bonds. The second kappa shape index (κ2) is 8.98. The highest BCUT2D eigenvalue weighted by atomic mass is 16.5. The number of hydrogen-bond acceptors (Lipinski definition) is 6. The Bertz CT molecular complexity index is 1380. The summed E-state index contributed by atoms with van der Waals surface area (Å²) in [6, 6.07) is 23.2. The van der Waals surface area contributed by atoms with Crippen LogP contribution in [0.1, 0.15) is 15.9 Å². The van der Waals surface area contributed by atoms with Crippen molar-refractivity contribution in [3.8, 4) is 17.4 Å². The molecule has 4 rings (SSSR count). The number of anilines is 1. The second-order valence-electron chi connectivity index (χ2n) is 6.82. The van der Waals surface area contributed by atoms with Crippen LogP contribution in [0.4, 0.5) is 5.69 Å². The lowest BCUT2D eigenvalue weighted by atomic mass is 10.0. The number of carbonyl (C=O) groups is 2. The zero-order chi connectivity index (χ0) is 22.5. The molecule has 0 bridgehead atoms. The van der Waals surface area contributed by atoms with E-state index in [1.165, 1.54) is 19.3 Å². The molecule has 1 aromatic heterocycles. The number of nitrogens with one attached hydrogen (secondary N) is 1. The van der Waals surface area contributed by atoms with E-state index < -0.39 is 11.9 Å². The number of carbonyl (C=O) groups excluding carboxylic acids is 2. The van der Waals surface area contributed by atoms with Gasteiger partial charge in [0.2, 0.25) is 0 Å². The normalized spacial score (nSPS) is 11.1. The average Bonchev–Trinajstić information content (AvgIpc) is 3.26. The molecule has 1 heterocycles. The van der Waals surface area contributed by atoms with Crippen LogP contribution in [0.5, 0.6) is 0 Å². The molecular weight excluding hydrogens is 406 g/mol. The topological polar surface area (TPSA) is 105 Å². The lowest BCUT2D eigenvalue weighted by Crippen LogP contribution is -2.16. The van der Waals surface area contributed by atoms with E-state index in [0.29, 0.717) is 16.8 Å². The second-order valence-corrected chi connectivity index (χ2v) is 6.82. The number of benzene rings is 3. The maximum atomic E-state index is 12.7. The number of nitriles is 1. The lowest BCUT2D eigenvalue weighted by Gasteiger charge is -2.09. The molecule has 0 fully saturated rings. The highest BCUT2D eigenvalue weighted by Crippen LogP contribution is 2.29. The van der Waals surface area contributed by atoms with E-state index in [1.807, 2.05) is 36.4 Å². The van der Waals surface area contributed by atoms with Gasteiger partial charge in [0, 0.05) is 5.56 Å². The quantitative estimate of drug-likeness (QED) is 0.280. The van der Waals surface area contributed by atoms with Crippen LogP contribution in [0.15, 0.2) is 82.9 Å². The molecule has 0 radical (unpaired) electrons. The summed E-state index contributed by atoms with van der Waals surface area (Å²) in [6.45, 7) is 0. The average molecular weight is 423 g/mol. The number of methoxy groups -OCH3 is 1. The molecule has 4 aromatic rings. The van der Waals surface area contributed by atoms with Crippen molar-refractivity contribution in [3.05, 3.63) is 89.5 Å². The third kappa shape index (κ3) is 4.11. The number of esters is 1. The van der Waals surface area contributed by atoms with E-state index in [2.05, 4.69) is 10.5 Å². The van der Waals surface area contributed by atoms with Crippen LogP contribution in [-0.4, -0.2) is 24.1 Å². The minimum Gasteiger partial charge on any atom is -0.465 e. The van der Waals surface area contributed by atoms with Crippen LogP contribution in [0.3, 0.4) is 0 Å². The highest BCUT2D eigenvalue weighted by Gasteiger charge is 2.16. The maximum absolute atomic E-state index is 12.7. The molecular formula is C25H17N3O4. The Balaban J connectivity index is 1.66. The molecule has 0 aliphatic carbocycles. The van der Waals surface area contributed by atoms with Gasteiger partial charge in [-0.15, -0.1) is 0 Å². The lowest BCUT2D eigenvalue weighted by molar-refractivity contribution is -0.112. The zero-order valence-corrected chi connectivity index (χ0v) is 17.0. The van der Waals surface area contributed by atoms with Gasteiger partial charge >= 0.3 is 5.97 Å². The molecule has 0 atom stereocenters. The van der Waals surface area contributed by atoms with Gasteiger partial charge in [0.25, 0.3) is 5.91 Å². The number of amides is 1. The molecule has 0 saturated carbocycles. The fraction of sp³-hybridized carbons (Fsp3) is 0.0400. The largest absolute Gasteiger partial charge is 0.465 e. The van der Waals surface area contributed by atoms with E-state index in [0.717, 1.165) is 10.9 Å². The molecule has 7 heteroatoms. The maximum Gasteiger partial charge on any atom is 0.339 e. The minimum atomic E-state index is -0.641. The number of aromatic nitrogens is 1. The van der Waals surface area contributed by atoms with E-state index in [9.17, 15) is 14.9 Å². The van der Waals surface area contributed by atoms with Crippen LogP contribution in [0.2, 0.25) is 0 Å². The van der Waals surface area contributed by atoms with Gasteiger partial charge in [-0.2, -0.15) is 5.26 Å². The number of para-hydroxylation sites is 1. The molecule has 156 valence electrons. The minimum absolute atomic E-state index is 0.123. The van der Waals surface area contributed by atoms with Crippen molar-refractivity contribution >= 4 is 34.5 Å². The smallest absolute Gasteiger partial charge is 0.339 e.